The van der Waals surface area contributed by atoms with Crippen LogP contribution in [0.15, 0.2) is 23.1 Å². The normalized spacial score (nSPS) is 17.0. The molecule has 1 aromatic rings. The molecule has 1 saturated heterocycles. The van der Waals surface area contributed by atoms with Gasteiger partial charge in [-0.15, -0.1) is 0 Å². The van der Waals surface area contributed by atoms with Gasteiger partial charge in [-0.2, -0.15) is 0 Å². The Balaban J connectivity index is 2.13. The third-order valence-corrected chi connectivity index (χ3v) is 3.74. The zero-order valence-corrected chi connectivity index (χ0v) is 12.2. The van der Waals surface area contributed by atoms with E-state index < -0.39 is 0 Å². The molecule has 1 fully saturated rings. The molecule has 2 N–H and O–H groups in total. The first-order chi connectivity index (χ1) is 10.0. The first-order valence-electron chi connectivity index (χ1n) is 6.38. The second-order valence-corrected chi connectivity index (χ2v) is 5.27. The van der Waals surface area contributed by atoms with E-state index in [9.17, 15) is 19.8 Å². The number of rotatable bonds is 5. The summed E-state index contributed by atoms with van der Waals surface area (Å²) in [5, 5.41) is 18.3. The Bertz CT molecular complexity index is 599. The Hall–Kier alpha value is -1.99. The summed E-state index contributed by atoms with van der Waals surface area (Å²) < 4.78 is 5.14. The van der Waals surface area contributed by atoms with E-state index in [0.717, 1.165) is 16.7 Å². The third kappa shape index (κ3) is 3.56. The van der Waals surface area contributed by atoms with Gasteiger partial charge in [0.15, 0.2) is 11.5 Å². The number of amides is 2. The molecular weight excluding hydrogens is 294 g/mol. The van der Waals surface area contributed by atoms with E-state index in [2.05, 4.69) is 0 Å². The lowest BCUT2D eigenvalue weighted by atomic mass is 10.2. The number of nitrogens with zero attached hydrogens (tertiary/aromatic N) is 1. The Morgan fingerprint density at radius 3 is 2.71 bits per heavy atom. The zero-order chi connectivity index (χ0) is 15.4. The number of phenols is 2. The molecule has 0 aromatic heterocycles. The maximum absolute atomic E-state index is 12.1. The van der Waals surface area contributed by atoms with Gasteiger partial charge in [0.05, 0.1) is 18.1 Å². The van der Waals surface area contributed by atoms with Crippen LogP contribution in [0.1, 0.15) is 12.5 Å². The van der Waals surface area contributed by atoms with Crippen molar-refractivity contribution in [2.24, 2.45) is 0 Å². The lowest BCUT2D eigenvalue weighted by Gasteiger charge is -2.11. The minimum atomic E-state index is -0.378. The molecule has 1 aliphatic heterocycles. The highest BCUT2D eigenvalue weighted by Gasteiger charge is 2.34. The van der Waals surface area contributed by atoms with Crippen LogP contribution in [0.4, 0.5) is 4.79 Å². The SMILES string of the molecule is CCOCCN1C(=O)S/C(=C\c2ccc(O)c(O)c2)C1=O. The zero-order valence-electron chi connectivity index (χ0n) is 11.4. The number of imide groups is 1. The van der Waals surface area contributed by atoms with E-state index in [0.29, 0.717) is 18.8 Å². The van der Waals surface area contributed by atoms with Crippen molar-refractivity contribution in [3.8, 4) is 11.5 Å². The van der Waals surface area contributed by atoms with E-state index in [1.165, 1.54) is 18.2 Å². The topological polar surface area (TPSA) is 87.1 Å². The second kappa shape index (κ2) is 6.64. The van der Waals surface area contributed by atoms with Crippen LogP contribution < -0.4 is 0 Å². The minimum absolute atomic E-state index is 0.219. The average Bonchev–Trinajstić information content (AvgIpc) is 2.70. The quantitative estimate of drug-likeness (QED) is 0.492. The monoisotopic (exact) mass is 309 g/mol. The molecule has 0 saturated carbocycles. The molecule has 1 heterocycles. The molecule has 7 heteroatoms. The van der Waals surface area contributed by atoms with E-state index in [1.54, 1.807) is 6.07 Å². The van der Waals surface area contributed by atoms with Gasteiger partial charge in [0, 0.05) is 6.61 Å². The number of hydrogen-bond acceptors (Lipinski definition) is 6. The number of phenolic OH excluding ortho intramolecular Hbond substituents is 2. The first kappa shape index (κ1) is 15.4. The van der Waals surface area contributed by atoms with Crippen molar-refractivity contribution in [1.82, 2.24) is 4.90 Å². The lowest BCUT2D eigenvalue weighted by molar-refractivity contribution is -0.123. The van der Waals surface area contributed by atoms with Gasteiger partial charge in [-0.3, -0.25) is 14.5 Å². The molecule has 1 aliphatic rings. The summed E-state index contributed by atoms with van der Waals surface area (Å²) >= 11 is 0.844. The van der Waals surface area contributed by atoms with E-state index >= 15 is 0 Å². The Labute approximate surface area is 126 Å². The largest absolute Gasteiger partial charge is 0.504 e. The molecule has 0 atom stereocenters. The maximum Gasteiger partial charge on any atom is 0.293 e. The van der Waals surface area contributed by atoms with Crippen LogP contribution in [0.3, 0.4) is 0 Å². The lowest BCUT2D eigenvalue weighted by Crippen LogP contribution is -2.31. The van der Waals surface area contributed by atoms with Crippen molar-refractivity contribution >= 4 is 29.0 Å². The molecule has 112 valence electrons. The number of benzene rings is 1. The summed E-state index contributed by atoms with van der Waals surface area (Å²) in [6.07, 6.45) is 1.50. The predicted octanol–water partition coefficient (Wildman–Crippen LogP) is 2.17. The first-order valence-corrected chi connectivity index (χ1v) is 7.19. The van der Waals surface area contributed by atoms with Crippen LogP contribution in [0, 0.1) is 0 Å². The molecule has 2 rings (SSSR count). The smallest absolute Gasteiger partial charge is 0.293 e. The van der Waals surface area contributed by atoms with Crippen LogP contribution in [0.25, 0.3) is 6.08 Å². The van der Waals surface area contributed by atoms with Gasteiger partial charge in [-0.05, 0) is 42.5 Å². The highest BCUT2D eigenvalue weighted by Crippen LogP contribution is 2.33. The molecule has 0 aliphatic carbocycles. The fourth-order valence-corrected chi connectivity index (χ4v) is 2.64. The van der Waals surface area contributed by atoms with Crippen molar-refractivity contribution in [2.45, 2.75) is 6.92 Å². The fraction of sp³-hybridized carbons (Fsp3) is 0.286. The van der Waals surface area contributed by atoms with Crippen LogP contribution in [0.5, 0.6) is 11.5 Å². The Morgan fingerprint density at radius 2 is 2.05 bits per heavy atom. The van der Waals surface area contributed by atoms with Gasteiger partial charge in [0.25, 0.3) is 11.1 Å². The van der Waals surface area contributed by atoms with Crippen molar-refractivity contribution in [2.75, 3.05) is 19.8 Å². The number of thioether (sulfide) groups is 1. The standard InChI is InChI=1S/C14H15NO5S/c1-2-20-6-5-15-13(18)12(21-14(15)19)8-9-3-4-10(16)11(17)7-9/h3-4,7-8,16-17H,2,5-6H2,1H3/b12-8-. The second-order valence-electron chi connectivity index (χ2n) is 4.28. The molecule has 21 heavy (non-hydrogen) atoms. The number of carbonyl (C=O) groups is 2. The van der Waals surface area contributed by atoms with Gasteiger partial charge < -0.3 is 14.9 Å². The third-order valence-electron chi connectivity index (χ3n) is 2.83. The van der Waals surface area contributed by atoms with Crippen LogP contribution in [-0.2, 0) is 9.53 Å². The number of hydrogen-bond donors (Lipinski definition) is 2. The molecule has 1 aromatic carbocycles. The van der Waals surface area contributed by atoms with Crippen molar-refractivity contribution in [1.29, 1.82) is 0 Å². The van der Waals surface area contributed by atoms with E-state index in [4.69, 9.17) is 4.74 Å². The number of ether oxygens (including phenoxy) is 1. The van der Waals surface area contributed by atoms with Gasteiger partial charge in [0.1, 0.15) is 0 Å². The minimum Gasteiger partial charge on any atom is -0.504 e. The Morgan fingerprint density at radius 1 is 1.29 bits per heavy atom. The summed E-state index contributed by atoms with van der Waals surface area (Å²) in [7, 11) is 0. The molecule has 2 amide bonds. The van der Waals surface area contributed by atoms with Crippen molar-refractivity contribution in [3.05, 3.63) is 28.7 Å². The van der Waals surface area contributed by atoms with E-state index in [-0.39, 0.29) is 34.1 Å². The maximum atomic E-state index is 12.1. The average molecular weight is 309 g/mol. The number of aromatic hydroxyl groups is 2. The van der Waals surface area contributed by atoms with Gasteiger partial charge in [0.2, 0.25) is 0 Å². The summed E-state index contributed by atoms with van der Waals surface area (Å²) in [4.78, 5) is 25.3. The van der Waals surface area contributed by atoms with Crippen LogP contribution in [-0.4, -0.2) is 46.0 Å². The summed E-state index contributed by atoms with van der Waals surface area (Å²) in [6, 6.07) is 4.19. The molecule has 0 bridgehead atoms. The molecule has 0 radical (unpaired) electrons. The highest BCUT2D eigenvalue weighted by molar-refractivity contribution is 8.18. The summed E-state index contributed by atoms with van der Waals surface area (Å²) in [5.41, 5.74) is 0.528. The van der Waals surface area contributed by atoms with E-state index in [1.807, 2.05) is 6.92 Å². The van der Waals surface area contributed by atoms with Gasteiger partial charge >= 0.3 is 0 Å². The highest BCUT2D eigenvalue weighted by atomic mass is 32.2. The Kier molecular flexibility index (Phi) is 4.87. The molecule has 0 unspecified atom stereocenters. The van der Waals surface area contributed by atoms with Gasteiger partial charge in [-0.25, -0.2) is 0 Å². The molecule has 0 spiro atoms. The van der Waals surface area contributed by atoms with Crippen molar-refractivity contribution in [3.63, 3.8) is 0 Å². The predicted molar refractivity (Wildman–Crippen MR) is 78.9 cm³/mol. The number of carbonyl (C=O) groups excluding carboxylic acids is 2. The van der Waals surface area contributed by atoms with Crippen LogP contribution >= 0.6 is 11.8 Å². The van der Waals surface area contributed by atoms with Crippen molar-refractivity contribution < 1.29 is 24.5 Å². The fourth-order valence-electron chi connectivity index (χ4n) is 1.77. The molecule has 6 nitrogen and oxygen atoms in total. The summed E-state index contributed by atoms with van der Waals surface area (Å²) in [5.74, 6) is -0.895. The van der Waals surface area contributed by atoms with Gasteiger partial charge in [-0.1, -0.05) is 6.07 Å². The summed E-state index contributed by atoms with van der Waals surface area (Å²) in [6.45, 7) is 2.89. The van der Waals surface area contributed by atoms with Crippen LogP contribution in [0.2, 0.25) is 0 Å². The molecular formula is C14H15NO5S.